The van der Waals surface area contributed by atoms with Crippen molar-refractivity contribution in [1.29, 1.82) is 0 Å². The molecule has 0 radical (unpaired) electrons. The lowest BCUT2D eigenvalue weighted by Crippen LogP contribution is -2.22. The van der Waals surface area contributed by atoms with Crippen molar-refractivity contribution < 1.29 is 14.7 Å². The van der Waals surface area contributed by atoms with E-state index in [9.17, 15) is 9.59 Å². The van der Waals surface area contributed by atoms with Crippen molar-refractivity contribution in [3.05, 3.63) is 26.8 Å². The number of benzene rings is 1. The van der Waals surface area contributed by atoms with Gasteiger partial charge in [-0.1, -0.05) is 11.6 Å². The van der Waals surface area contributed by atoms with Gasteiger partial charge in [-0.25, -0.2) is 0 Å². The van der Waals surface area contributed by atoms with Crippen LogP contribution in [0, 0.1) is 15.4 Å². The van der Waals surface area contributed by atoms with Crippen LogP contribution >= 0.6 is 34.2 Å². The van der Waals surface area contributed by atoms with Crippen LogP contribution in [0.15, 0.2) is 18.2 Å². The molecule has 2 unspecified atom stereocenters. The third-order valence-electron chi connectivity index (χ3n) is 3.34. The Bertz CT molecular complexity index is 521. The van der Waals surface area contributed by atoms with Crippen LogP contribution in [0.3, 0.4) is 0 Å². The number of nitrogens with one attached hydrogen (secondary N) is 1. The lowest BCUT2D eigenvalue weighted by atomic mass is 10.0. The molecule has 0 spiro atoms. The molecule has 0 heterocycles. The summed E-state index contributed by atoms with van der Waals surface area (Å²) in [7, 11) is 0. The van der Waals surface area contributed by atoms with Crippen molar-refractivity contribution in [3.63, 3.8) is 0 Å². The van der Waals surface area contributed by atoms with Crippen LogP contribution in [0.4, 0.5) is 5.69 Å². The van der Waals surface area contributed by atoms with E-state index >= 15 is 0 Å². The molecule has 1 aromatic rings. The van der Waals surface area contributed by atoms with Gasteiger partial charge in [0.2, 0.25) is 5.91 Å². The molecule has 19 heavy (non-hydrogen) atoms. The Morgan fingerprint density at radius 3 is 2.58 bits per heavy atom. The van der Waals surface area contributed by atoms with E-state index in [2.05, 4.69) is 27.9 Å². The normalized spacial score (nSPS) is 22.2. The molecule has 0 aromatic heterocycles. The molecule has 4 nitrogen and oxygen atoms in total. The lowest BCUT2D eigenvalue weighted by Gasteiger charge is -2.12. The van der Waals surface area contributed by atoms with Crippen molar-refractivity contribution >= 4 is 51.8 Å². The van der Waals surface area contributed by atoms with Crippen LogP contribution in [0.1, 0.15) is 19.3 Å². The molecule has 1 fully saturated rings. The minimum absolute atomic E-state index is 0.107. The highest BCUT2D eigenvalue weighted by atomic mass is 127. The quantitative estimate of drug-likeness (QED) is 0.774. The summed E-state index contributed by atoms with van der Waals surface area (Å²) in [5.41, 5.74) is 0.716. The summed E-state index contributed by atoms with van der Waals surface area (Å²) in [6.45, 7) is 0. The Balaban J connectivity index is 2.00. The Morgan fingerprint density at radius 1 is 1.32 bits per heavy atom. The number of aliphatic carboxylic acids is 1. The standard InChI is InChI=1S/C13H13ClINO3/c14-9-3-4-11(10(15)6-9)16-12(17)7-1-2-8(5-7)13(18)19/h3-4,6-8H,1-2,5H2,(H,16,17)(H,18,19). The maximum Gasteiger partial charge on any atom is 0.306 e. The summed E-state index contributed by atoms with van der Waals surface area (Å²) in [6.07, 6.45) is 1.63. The molecule has 2 atom stereocenters. The molecular formula is C13H13ClINO3. The van der Waals surface area contributed by atoms with E-state index in [1.54, 1.807) is 18.2 Å². The molecule has 2 N–H and O–H groups in total. The van der Waals surface area contributed by atoms with E-state index in [-0.39, 0.29) is 17.7 Å². The second kappa shape index (κ2) is 6.09. The van der Waals surface area contributed by atoms with E-state index in [1.807, 2.05) is 0 Å². The third kappa shape index (κ3) is 3.60. The molecule has 1 amide bonds. The zero-order valence-electron chi connectivity index (χ0n) is 10.0. The van der Waals surface area contributed by atoms with E-state index in [4.69, 9.17) is 16.7 Å². The van der Waals surface area contributed by atoms with E-state index < -0.39 is 5.97 Å². The highest BCUT2D eigenvalue weighted by Gasteiger charge is 2.33. The Hall–Kier alpha value is -0.820. The molecule has 1 aliphatic carbocycles. The number of halogens is 2. The zero-order valence-corrected chi connectivity index (χ0v) is 12.9. The van der Waals surface area contributed by atoms with Crippen LogP contribution in [0.2, 0.25) is 5.02 Å². The fraction of sp³-hybridized carbons (Fsp3) is 0.385. The fourth-order valence-corrected chi connectivity index (χ4v) is 3.28. The molecule has 2 rings (SSSR count). The van der Waals surface area contributed by atoms with Gasteiger partial charge in [-0.05, 0) is 60.1 Å². The van der Waals surface area contributed by atoms with E-state index in [0.29, 0.717) is 30.0 Å². The fourth-order valence-electron chi connectivity index (χ4n) is 2.27. The minimum Gasteiger partial charge on any atom is -0.481 e. The van der Waals surface area contributed by atoms with Crippen LogP contribution < -0.4 is 5.32 Å². The number of carboxylic acids is 1. The second-order valence-corrected chi connectivity index (χ2v) is 6.26. The first-order chi connectivity index (χ1) is 8.97. The second-order valence-electron chi connectivity index (χ2n) is 4.66. The number of anilines is 1. The van der Waals surface area contributed by atoms with E-state index in [1.165, 1.54) is 0 Å². The topological polar surface area (TPSA) is 66.4 Å². The van der Waals surface area contributed by atoms with Gasteiger partial charge in [0, 0.05) is 14.5 Å². The van der Waals surface area contributed by atoms with Crippen molar-refractivity contribution in [3.8, 4) is 0 Å². The highest BCUT2D eigenvalue weighted by molar-refractivity contribution is 14.1. The summed E-state index contributed by atoms with van der Waals surface area (Å²) >= 11 is 7.96. The molecule has 102 valence electrons. The van der Waals surface area contributed by atoms with Gasteiger partial charge in [-0.15, -0.1) is 0 Å². The summed E-state index contributed by atoms with van der Waals surface area (Å²) in [5.74, 6) is -1.52. The van der Waals surface area contributed by atoms with Gasteiger partial charge in [0.15, 0.2) is 0 Å². The monoisotopic (exact) mass is 393 g/mol. The van der Waals surface area contributed by atoms with Crippen LogP contribution in [0.5, 0.6) is 0 Å². The number of carboxylic acid groups (broad SMARTS) is 1. The predicted molar refractivity (Wildman–Crippen MR) is 81.3 cm³/mol. The van der Waals surface area contributed by atoms with Gasteiger partial charge in [0.1, 0.15) is 0 Å². The van der Waals surface area contributed by atoms with Gasteiger partial charge in [-0.2, -0.15) is 0 Å². The number of amides is 1. The van der Waals surface area contributed by atoms with Gasteiger partial charge in [0.05, 0.1) is 11.6 Å². The Kier molecular flexibility index (Phi) is 4.67. The first kappa shape index (κ1) is 14.6. The predicted octanol–water partition coefficient (Wildman–Crippen LogP) is 3.38. The van der Waals surface area contributed by atoms with Crippen molar-refractivity contribution in [1.82, 2.24) is 0 Å². The number of carbonyl (C=O) groups is 2. The van der Waals surface area contributed by atoms with Crippen LogP contribution in [0.25, 0.3) is 0 Å². The van der Waals surface area contributed by atoms with Gasteiger partial charge in [-0.3, -0.25) is 9.59 Å². The minimum atomic E-state index is -0.809. The molecule has 0 aliphatic heterocycles. The maximum atomic E-state index is 12.1. The smallest absolute Gasteiger partial charge is 0.306 e. The molecule has 0 bridgehead atoms. The molecule has 1 aromatic carbocycles. The summed E-state index contributed by atoms with van der Waals surface area (Å²) in [5, 5.41) is 12.4. The Labute approximate surface area is 129 Å². The Morgan fingerprint density at radius 2 is 2.00 bits per heavy atom. The maximum absolute atomic E-state index is 12.1. The summed E-state index contributed by atoms with van der Waals surface area (Å²) in [6, 6.07) is 5.24. The molecule has 1 aliphatic rings. The third-order valence-corrected chi connectivity index (χ3v) is 4.47. The molecular weight excluding hydrogens is 381 g/mol. The zero-order chi connectivity index (χ0) is 14.0. The van der Waals surface area contributed by atoms with Crippen molar-refractivity contribution in [2.24, 2.45) is 11.8 Å². The number of rotatable bonds is 3. The first-order valence-corrected chi connectivity index (χ1v) is 7.41. The highest BCUT2D eigenvalue weighted by Crippen LogP contribution is 2.32. The first-order valence-electron chi connectivity index (χ1n) is 5.96. The van der Waals surface area contributed by atoms with Crippen LogP contribution in [-0.2, 0) is 9.59 Å². The largest absolute Gasteiger partial charge is 0.481 e. The summed E-state index contributed by atoms with van der Waals surface area (Å²) in [4.78, 5) is 23.0. The van der Waals surface area contributed by atoms with Gasteiger partial charge in [0.25, 0.3) is 0 Å². The van der Waals surface area contributed by atoms with Gasteiger partial charge < -0.3 is 10.4 Å². The van der Waals surface area contributed by atoms with Crippen LogP contribution in [-0.4, -0.2) is 17.0 Å². The molecule has 1 saturated carbocycles. The average molecular weight is 394 g/mol. The van der Waals surface area contributed by atoms with Gasteiger partial charge >= 0.3 is 5.97 Å². The number of carbonyl (C=O) groups excluding carboxylic acids is 1. The number of hydrogen-bond acceptors (Lipinski definition) is 2. The summed E-state index contributed by atoms with van der Waals surface area (Å²) < 4.78 is 0.867. The molecule has 6 heteroatoms. The average Bonchev–Trinajstić information content (AvgIpc) is 2.82. The lowest BCUT2D eigenvalue weighted by molar-refractivity contribution is -0.141. The molecule has 0 saturated heterocycles. The van der Waals surface area contributed by atoms with Crippen molar-refractivity contribution in [2.45, 2.75) is 19.3 Å². The SMILES string of the molecule is O=C(O)C1CCC(C(=O)Nc2ccc(Cl)cc2I)C1. The number of hydrogen-bond donors (Lipinski definition) is 2. The van der Waals surface area contributed by atoms with E-state index in [0.717, 1.165) is 3.57 Å². The van der Waals surface area contributed by atoms with Crippen molar-refractivity contribution in [2.75, 3.05) is 5.32 Å².